The number of carbonyl (C=O) groups excluding carboxylic acids is 1. The van der Waals surface area contributed by atoms with Crippen LogP contribution in [0.3, 0.4) is 0 Å². The molecule has 0 aliphatic carbocycles. The highest BCUT2D eigenvalue weighted by Gasteiger charge is 2.40. The molecule has 6 heteroatoms. The molecule has 1 N–H and O–H groups in total. The van der Waals surface area contributed by atoms with Gasteiger partial charge in [0.2, 0.25) is 0 Å². The molecule has 0 aromatic carbocycles. The van der Waals surface area contributed by atoms with E-state index in [0.29, 0.717) is 32.6 Å². The van der Waals surface area contributed by atoms with Crippen molar-refractivity contribution in [2.75, 3.05) is 46.8 Å². The quantitative estimate of drug-likeness (QED) is 0.808. The molecule has 0 saturated carbocycles. The van der Waals surface area contributed by atoms with Gasteiger partial charge in [0.1, 0.15) is 0 Å². The summed E-state index contributed by atoms with van der Waals surface area (Å²) in [6, 6.07) is -0.0246. The van der Waals surface area contributed by atoms with Crippen LogP contribution < -0.4 is 0 Å². The zero-order chi connectivity index (χ0) is 16.0. The largest absolute Gasteiger partial charge is 0.481 e. The lowest BCUT2D eigenvalue weighted by Gasteiger charge is -2.39. The molecule has 1 aliphatic rings. The van der Waals surface area contributed by atoms with Crippen molar-refractivity contribution in [2.45, 2.75) is 33.1 Å². The van der Waals surface area contributed by atoms with E-state index in [9.17, 15) is 14.7 Å². The standard InChI is InChI=1S/C15H29N3O3/c1-5-17(11-7-9-16(3)4)14(21)18-10-6-8-15(2,12-18)13(19)20/h5-12H2,1-4H3,(H,19,20). The fraction of sp³-hybridized carbons (Fsp3) is 0.867. The van der Waals surface area contributed by atoms with E-state index >= 15 is 0 Å². The average Bonchev–Trinajstić information content (AvgIpc) is 2.42. The number of hydrogen-bond acceptors (Lipinski definition) is 3. The number of urea groups is 1. The van der Waals surface area contributed by atoms with Crippen LogP contribution in [0.25, 0.3) is 0 Å². The van der Waals surface area contributed by atoms with Gasteiger partial charge in [0.15, 0.2) is 0 Å². The number of nitrogens with zero attached hydrogens (tertiary/aromatic N) is 3. The van der Waals surface area contributed by atoms with E-state index in [1.807, 2.05) is 25.9 Å². The third-order valence-corrected chi connectivity index (χ3v) is 4.17. The van der Waals surface area contributed by atoms with Crippen LogP contribution in [0, 0.1) is 5.41 Å². The summed E-state index contributed by atoms with van der Waals surface area (Å²) < 4.78 is 0. The molecule has 0 aromatic heterocycles. The van der Waals surface area contributed by atoms with Gasteiger partial charge in [-0.15, -0.1) is 0 Å². The van der Waals surface area contributed by atoms with Crippen LogP contribution >= 0.6 is 0 Å². The van der Waals surface area contributed by atoms with Gasteiger partial charge in [0.05, 0.1) is 5.41 Å². The number of likely N-dealkylation sites (tertiary alicyclic amines) is 1. The van der Waals surface area contributed by atoms with E-state index in [2.05, 4.69) is 4.90 Å². The van der Waals surface area contributed by atoms with Crippen LogP contribution in [0.2, 0.25) is 0 Å². The van der Waals surface area contributed by atoms with Crippen molar-refractivity contribution in [1.82, 2.24) is 14.7 Å². The summed E-state index contributed by atoms with van der Waals surface area (Å²) in [6.45, 7) is 6.99. The zero-order valence-electron chi connectivity index (χ0n) is 13.8. The molecule has 122 valence electrons. The summed E-state index contributed by atoms with van der Waals surface area (Å²) in [6.07, 6.45) is 2.32. The van der Waals surface area contributed by atoms with Crippen LogP contribution in [0.15, 0.2) is 0 Å². The second-order valence-corrected chi connectivity index (χ2v) is 6.41. The van der Waals surface area contributed by atoms with Gasteiger partial charge in [-0.1, -0.05) is 0 Å². The second-order valence-electron chi connectivity index (χ2n) is 6.41. The topological polar surface area (TPSA) is 64.1 Å². The Kier molecular flexibility index (Phi) is 6.45. The summed E-state index contributed by atoms with van der Waals surface area (Å²) in [7, 11) is 4.03. The maximum atomic E-state index is 12.6. The fourth-order valence-corrected chi connectivity index (χ4v) is 2.74. The molecule has 2 amide bonds. The number of rotatable bonds is 6. The Balaban J connectivity index is 2.60. The van der Waals surface area contributed by atoms with Gasteiger partial charge in [-0.3, -0.25) is 4.79 Å². The van der Waals surface area contributed by atoms with Gasteiger partial charge in [0, 0.05) is 26.2 Å². The highest BCUT2D eigenvalue weighted by atomic mass is 16.4. The fourth-order valence-electron chi connectivity index (χ4n) is 2.74. The molecule has 0 radical (unpaired) electrons. The molecule has 21 heavy (non-hydrogen) atoms. The molecule has 1 aliphatic heterocycles. The predicted molar refractivity (Wildman–Crippen MR) is 82.4 cm³/mol. The molecule has 0 bridgehead atoms. The van der Waals surface area contributed by atoms with E-state index in [0.717, 1.165) is 19.4 Å². The molecule has 1 heterocycles. The van der Waals surface area contributed by atoms with Crippen molar-refractivity contribution in [3.05, 3.63) is 0 Å². The number of piperidine rings is 1. The van der Waals surface area contributed by atoms with Gasteiger partial charge in [-0.2, -0.15) is 0 Å². The first-order chi connectivity index (χ1) is 9.80. The summed E-state index contributed by atoms with van der Waals surface area (Å²) >= 11 is 0. The van der Waals surface area contributed by atoms with Crippen molar-refractivity contribution < 1.29 is 14.7 Å². The lowest BCUT2D eigenvalue weighted by Crippen LogP contribution is -2.52. The first-order valence-electron chi connectivity index (χ1n) is 7.72. The minimum atomic E-state index is -0.810. The summed E-state index contributed by atoms with van der Waals surface area (Å²) in [5, 5.41) is 9.34. The summed E-state index contributed by atoms with van der Waals surface area (Å²) in [5.74, 6) is -0.810. The van der Waals surface area contributed by atoms with Gasteiger partial charge >= 0.3 is 12.0 Å². The lowest BCUT2D eigenvalue weighted by atomic mass is 9.82. The first-order valence-corrected chi connectivity index (χ1v) is 7.72. The number of amides is 2. The van der Waals surface area contributed by atoms with E-state index in [1.165, 1.54) is 0 Å². The maximum absolute atomic E-state index is 12.6. The van der Waals surface area contributed by atoms with Gasteiger partial charge < -0.3 is 19.8 Å². The number of carbonyl (C=O) groups is 2. The van der Waals surface area contributed by atoms with Crippen LogP contribution in [-0.4, -0.2) is 78.6 Å². The number of carboxylic acids is 1. The van der Waals surface area contributed by atoms with Gasteiger partial charge in [-0.25, -0.2) is 4.79 Å². The van der Waals surface area contributed by atoms with Crippen LogP contribution in [0.1, 0.15) is 33.1 Å². The second kappa shape index (κ2) is 7.64. The van der Waals surface area contributed by atoms with Crippen molar-refractivity contribution >= 4 is 12.0 Å². The maximum Gasteiger partial charge on any atom is 0.320 e. The van der Waals surface area contributed by atoms with E-state index in [-0.39, 0.29) is 6.03 Å². The summed E-state index contributed by atoms with van der Waals surface area (Å²) in [5.41, 5.74) is -0.809. The SMILES string of the molecule is CCN(CCCN(C)C)C(=O)N1CCCC(C)(C(=O)O)C1. The molecule has 1 saturated heterocycles. The Labute approximate surface area is 127 Å². The minimum absolute atomic E-state index is 0.0246. The predicted octanol–water partition coefficient (Wildman–Crippen LogP) is 1.57. The molecule has 1 rings (SSSR count). The third kappa shape index (κ3) is 4.88. The molecule has 6 nitrogen and oxygen atoms in total. The Morgan fingerprint density at radius 3 is 2.48 bits per heavy atom. The van der Waals surface area contributed by atoms with E-state index in [1.54, 1.807) is 11.8 Å². The van der Waals surface area contributed by atoms with Crippen molar-refractivity contribution in [3.8, 4) is 0 Å². The smallest absolute Gasteiger partial charge is 0.320 e. The van der Waals surface area contributed by atoms with E-state index < -0.39 is 11.4 Å². The van der Waals surface area contributed by atoms with Crippen molar-refractivity contribution in [2.24, 2.45) is 5.41 Å². The van der Waals surface area contributed by atoms with E-state index in [4.69, 9.17) is 0 Å². The van der Waals surface area contributed by atoms with Gasteiger partial charge in [-0.05, 0) is 53.8 Å². The number of hydrogen-bond donors (Lipinski definition) is 1. The molecule has 1 fully saturated rings. The zero-order valence-corrected chi connectivity index (χ0v) is 13.8. The lowest BCUT2D eigenvalue weighted by molar-refractivity contribution is -0.150. The molecule has 0 spiro atoms. The molecule has 1 atom stereocenters. The Bertz CT molecular complexity index is 373. The molecular weight excluding hydrogens is 270 g/mol. The molecular formula is C15H29N3O3. The molecule has 1 unspecified atom stereocenters. The number of carboxylic acid groups (broad SMARTS) is 1. The highest BCUT2D eigenvalue weighted by molar-refractivity contribution is 5.78. The number of aliphatic carboxylic acids is 1. The van der Waals surface area contributed by atoms with Crippen molar-refractivity contribution in [1.29, 1.82) is 0 Å². The Morgan fingerprint density at radius 1 is 1.29 bits per heavy atom. The van der Waals surface area contributed by atoms with Crippen molar-refractivity contribution in [3.63, 3.8) is 0 Å². The highest BCUT2D eigenvalue weighted by Crippen LogP contribution is 2.30. The molecule has 0 aromatic rings. The monoisotopic (exact) mass is 299 g/mol. The Hall–Kier alpha value is -1.30. The average molecular weight is 299 g/mol. The third-order valence-electron chi connectivity index (χ3n) is 4.17. The summed E-state index contributed by atoms with van der Waals surface area (Å²) in [4.78, 5) is 29.6. The Morgan fingerprint density at radius 2 is 1.95 bits per heavy atom. The normalized spacial score (nSPS) is 22.4. The minimum Gasteiger partial charge on any atom is -0.481 e. The first kappa shape index (κ1) is 17.8. The van der Waals surface area contributed by atoms with Crippen LogP contribution in [-0.2, 0) is 4.79 Å². The van der Waals surface area contributed by atoms with Crippen LogP contribution in [0.5, 0.6) is 0 Å². The van der Waals surface area contributed by atoms with Crippen LogP contribution in [0.4, 0.5) is 4.79 Å². The van der Waals surface area contributed by atoms with Gasteiger partial charge in [0.25, 0.3) is 0 Å².